The smallest absolute Gasteiger partial charge is 0.151 e. The summed E-state index contributed by atoms with van der Waals surface area (Å²) in [6.45, 7) is 0.287. The maximum atomic E-state index is 12.7. The maximum absolute atomic E-state index is 12.7. The lowest BCUT2D eigenvalue weighted by atomic mass is 10.1. The standard InChI is InChI=1S/C11H9FO2/c1-14-6-2-3-9-4-5-11(12)7-10(9)8-13/h4-5,7-8H,6H2,1H3. The fourth-order valence-corrected chi connectivity index (χ4v) is 0.948. The number of halogens is 1. The number of ether oxygens (including phenoxy) is 1. The highest BCUT2D eigenvalue weighted by Crippen LogP contribution is 2.07. The van der Waals surface area contributed by atoms with Gasteiger partial charge in [0, 0.05) is 18.2 Å². The van der Waals surface area contributed by atoms with Crippen molar-refractivity contribution in [2.45, 2.75) is 0 Å². The van der Waals surface area contributed by atoms with Crippen LogP contribution in [-0.4, -0.2) is 20.0 Å². The third kappa shape index (κ3) is 2.68. The van der Waals surface area contributed by atoms with Crippen molar-refractivity contribution in [1.82, 2.24) is 0 Å². The molecular formula is C11H9FO2. The van der Waals surface area contributed by atoms with Gasteiger partial charge in [0.15, 0.2) is 6.29 Å². The number of carbonyl (C=O) groups is 1. The predicted octanol–water partition coefficient (Wildman–Crippen LogP) is 1.64. The molecule has 0 N–H and O–H groups in total. The van der Waals surface area contributed by atoms with Crippen LogP contribution in [0.15, 0.2) is 18.2 Å². The van der Waals surface area contributed by atoms with Gasteiger partial charge in [-0.2, -0.15) is 0 Å². The molecule has 0 atom stereocenters. The average Bonchev–Trinajstić information content (AvgIpc) is 2.20. The Bertz CT molecular complexity index is 388. The minimum atomic E-state index is -0.440. The molecule has 0 unspecified atom stereocenters. The summed E-state index contributed by atoms with van der Waals surface area (Å²) in [6.07, 6.45) is 0.583. The number of benzene rings is 1. The van der Waals surface area contributed by atoms with E-state index in [2.05, 4.69) is 11.8 Å². The Morgan fingerprint density at radius 1 is 1.57 bits per heavy atom. The Kier molecular flexibility index (Phi) is 3.84. The Morgan fingerprint density at radius 2 is 2.36 bits per heavy atom. The third-order valence-electron chi connectivity index (χ3n) is 1.58. The molecular weight excluding hydrogens is 183 g/mol. The van der Waals surface area contributed by atoms with Crippen molar-refractivity contribution in [3.8, 4) is 11.8 Å². The van der Waals surface area contributed by atoms with Crippen LogP contribution in [0.25, 0.3) is 0 Å². The highest BCUT2D eigenvalue weighted by atomic mass is 19.1. The van der Waals surface area contributed by atoms with E-state index < -0.39 is 5.82 Å². The second-order valence-corrected chi connectivity index (χ2v) is 2.58. The molecule has 0 amide bonds. The van der Waals surface area contributed by atoms with Crippen LogP contribution in [-0.2, 0) is 4.74 Å². The van der Waals surface area contributed by atoms with Crippen LogP contribution >= 0.6 is 0 Å². The number of rotatable bonds is 2. The van der Waals surface area contributed by atoms with Crippen molar-refractivity contribution in [3.63, 3.8) is 0 Å². The highest BCUT2D eigenvalue weighted by molar-refractivity contribution is 5.79. The van der Waals surface area contributed by atoms with E-state index in [1.54, 1.807) is 0 Å². The van der Waals surface area contributed by atoms with Gasteiger partial charge in [-0.25, -0.2) is 4.39 Å². The van der Waals surface area contributed by atoms with Crippen LogP contribution in [0.2, 0.25) is 0 Å². The number of carbonyl (C=O) groups excluding carboxylic acids is 1. The summed E-state index contributed by atoms with van der Waals surface area (Å²) in [5, 5.41) is 0. The van der Waals surface area contributed by atoms with Crippen LogP contribution in [0, 0.1) is 17.7 Å². The number of methoxy groups -OCH3 is 1. The second-order valence-electron chi connectivity index (χ2n) is 2.58. The lowest BCUT2D eigenvalue weighted by molar-refractivity contribution is 0.112. The van der Waals surface area contributed by atoms with E-state index in [1.807, 2.05) is 0 Å². The second kappa shape index (κ2) is 5.15. The van der Waals surface area contributed by atoms with Crippen molar-refractivity contribution in [3.05, 3.63) is 35.1 Å². The number of hydrogen-bond acceptors (Lipinski definition) is 2. The van der Waals surface area contributed by atoms with Gasteiger partial charge in [-0.15, -0.1) is 0 Å². The molecule has 0 aromatic heterocycles. The number of hydrogen-bond donors (Lipinski definition) is 0. The zero-order valence-electron chi connectivity index (χ0n) is 7.71. The Labute approximate surface area is 81.7 Å². The van der Waals surface area contributed by atoms with Gasteiger partial charge in [0.05, 0.1) is 0 Å². The van der Waals surface area contributed by atoms with Gasteiger partial charge in [-0.05, 0) is 18.2 Å². The normalized spacial score (nSPS) is 9.00. The van der Waals surface area contributed by atoms with E-state index in [1.165, 1.54) is 19.2 Å². The molecule has 0 bridgehead atoms. The van der Waals surface area contributed by atoms with Crippen molar-refractivity contribution in [1.29, 1.82) is 0 Å². The fourth-order valence-electron chi connectivity index (χ4n) is 0.948. The molecule has 72 valence electrons. The monoisotopic (exact) mass is 192 g/mol. The highest BCUT2D eigenvalue weighted by Gasteiger charge is 1.99. The molecule has 0 radical (unpaired) electrons. The summed E-state index contributed by atoms with van der Waals surface area (Å²) in [4.78, 5) is 10.5. The van der Waals surface area contributed by atoms with Gasteiger partial charge in [0.2, 0.25) is 0 Å². The van der Waals surface area contributed by atoms with Crippen LogP contribution in [0.1, 0.15) is 15.9 Å². The molecule has 0 saturated carbocycles. The first-order chi connectivity index (χ1) is 6.77. The average molecular weight is 192 g/mol. The minimum absolute atomic E-state index is 0.258. The van der Waals surface area contributed by atoms with Crippen LogP contribution < -0.4 is 0 Å². The topological polar surface area (TPSA) is 26.3 Å². The van der Waals surface area contributed by atoms with E-state index in [4.69, 9.17) is 4.74 Å². The first-order valence-corrected chi connectivity index (χ1v) is 4.00. The molecule has 0 aliphatic carbocycles. The van der Waals surface area contributed by atoms with E-state index in [0.29, 0.717) is 11.8 Å². The van der Waals surface area contributed by atoms with Gasteiger partial charge in [-0.3, -0.25) is 4.79 Å². The molecule has 1 aromatic rings. The summed E-state index contributed by atoms with van der Waals surface area (Å²) < 4.78 is 17.4. The molecule has 0 spiro atoms. The van der Waals surface area contributed by atoms with Gasteiger partial charge >= 0.3 is 0 Å². The largest absolute Gasteiger partial charge is 0.372 e. The zero-order chi connectivity index (χ0) is 10.4. The maximum Gasteiger partial charge on any atom is 0.151 e. The molecule has 0 saturated heterocycles. The van der Waals surface area contributed by atoms with E-state index in [-0.39, 0.29) is 12.2 Å². The molecule has 1 rings (SSSR count). The molecule has 0 fully saturated rings. The predicted molar refractivity (Wildman–Crippen MR) is 50.5 cm³/mol. The van der Waals surface area contributed by atoms with Crippen molar-refractivity contribution >= 4 is 6.29 Å². The first kappa shape index (κ1) is 10.4. The number of aldehydes is 1. The van der Waals surface area contributed by atoms with Crippen molar-refractivity contribution in [2.24, 2.45) is 0 Å². The molecule has 1 aromatic carbocycles. The van der Waals surface area contributed by atoms with Gasteiger partial charge < -0.3 is 4.74 Å². The summed E-state index contributed by atoms with van der Waals surface area (Å²) in [6, 6.07) is 3.90. The fraction of sp³-hybridized carbons (Fsp3) is 0.182. The molecule has 0 heterocycles. The van der Waals surface area contributed by atoms with E-state index >= 15 is 0 Å². The van der Waals surface area contributed by atoms with E-state index in [9.17, 15) is 9.18 Å². The van der Waals surface area contributed by atoms with Gasteiger partial charge in [-0.1, -0.05) is 11.8 Å². The summed E-state index contributed by atoms with van der Waals surface area (Å²) >= 11 is 0. The molecule has 2 nitrogen and oxygen atoms in total. The Morgan fingerprint density at radius 3 is 3.00 bits per heavy atom. The first-order valence-electron chi connectivity index (χ1n) is 4.00. The molecule has 0 aliphatic heterocycles. The van der Waals surface area contributed by atoms with Gasteiger partial charge in [0.1, 0.15) is 12.4 Å². The van der Waals surface area contributed by atoms with Crippen molar-refractivity contribution < 1.29 is 13.9 Å². The zero-order valence-corrected chi connectivity index (χ0v) is 7.71. The Hall–Kier alpha value is -1.66. The molecule has 3 heteroatoms. The molecule has 14 heavy (non-hydrogen) atoms. The lowest BCUT2D eigenvalue weighted by Crippen LogP contribution is -1.89. The SMILES string of the molecule is COCC#Cc1ccc(F)cc1C=O. The summed E-state index contributed by atoms with van der Waals surface area (Å²) in [7, 11) is 1.53. The van der Waals surface area contributed by atoms with Crippen LogP contribution in [0.3, 0.4) is 0 Å². The van der Waals surface area contributed by atoms with Gasteiger partial charge in [0.25, 0.3) is 0 Å². The van der Waals surface area contributed by atoms with E-state index in [0.717, 1.165) is 6.07 Å². The van der Waals surface area contributed by atoms with Crippen molar-refractivity contribution in [2.75, 3.05) is 13.7 Å². The van der Waals surface area contributed by atoms with Crippen LogP contribution in [0.5, 0.6) is 0 Å². The summed E-state index contributed by atoms with van der Waals surface area (Å²) in [5.74, 6) is 4.97. The summed E-state index contributed by atoms with van der Waals surface area (Å²) in [5.41, 5.74) is 0.770. The minimum Gasteiger partial charge on any atom is -0.372 e. The molecule has 0 aliphatic rings. The quantitative estimate of drug-likeness (QED) is 0.526. The lowest BCUT2D eigenvalue weighted by Gasteiger charge is -1.95. The van der Waals surface area contributed by atoms with Crippen LogP contribution in [0.4, 0.5) is 4.39 Å². The Balaban J connectivity index is 2.98. The third-order valence-corrected chi connectivity index (χ3v) is 1.58.